The average Bonchev–Trinajstić information content (AvgIpc) is 3.25. The zero-order chi connectivity index (χ0) is 23.3. The molecule has 1 saturated heterocycles. The Hall–Kier alpha value is -2.62. The summed E-state index contributed by atoms with van der Waals surface area (Å²) in [6.45, 7) is 8.01. The van der Waals surface area contributed by atoms with Crippen LogP contribution < -0.4 is 10.6 Å². The number of aliphatic hydroxyl groups is 1. The molecule has 1 aliphatic heterocycles. The molecule has 2 aliphatic rings. The molecule has 0 amide bonds. The smallest absolute Gasteiger partial charge is 0.224 e. The predicted molar refractivity (Wildman–Crippen MR) is 134 cm³/mol. The highest BCUT2D eigenvalue weighted by atomic mass is 16.3. The van der Waals surface area contributed by atoms with Gasteiger partial charge in [0.05, 0.1) is 17.5 Å². The van der Waals surface area contributed by atoms with Gasteiger partial charge in [-0.3, -0.25) is 4.90 Å². The van der Waals surface area contributed by atoms with Crippen molar-refractivity contribution >= 4 is 17.0 Å². The quantitative estimate of drug-likeness (QED) is 0.437. The number of piperazine rings is 1. The highest BCUT2D eigenvalue weighted by molar-refractivity contribution is 5.93. The number of aliphatic hydroxyl groups excluding tert-OH is 1. The average molecular weight is 465 g/mol. The van der Waals surface area contributed by atoms with Crippen molar-refractivity contribution < 1.29 is 5.11 Å². The lowest BCUT2D eigenvalue weighted by Crippen LogP contribution is -2.43. The van der Waals surface area contributed by atoms with Crippen LogP contribution in [0.3, 0.4) is 0 Å². The minimum atomic E-state index is -0.187. The summed E-state index contributed by atoms with van der Waals surface area (Å²) in [5.41, 5.74) is 3.78. The van der Waals surface area contributed by atoms with E-state index >= 15 is 0 Å². The van der Waals surface area contributed by atoms with Crippen LogP contribution in [0, 0.1) is 0 Å². The fourth-order valence-electron chi connectivity index (χ4n) is 5.00. The molecular weight excluding hydrogens is 428 g/mol. The van der Waals surface area contributed by atoms with Gasteiger partial charge in [0.25, 0.3) is 0 Å². The molecule has 3 aromatic rings. The van der Waals surface area contributed by atoms with Crippen molar-refractivity contribution in [1.29, 1.82) is 0 Å². The summed E-state index contributed by atoms with van der Waals surface area (Å²) in [6.07, 6.45) is 9.65. The van der Waals surface area contributed by atoms with Gasteiger partial charge in [-0.2, -0.15) is 15.2 Å². The van der Waals surface area contributed by atoms with E-state index in [0.29, 0.717) is 12.0 Å². The number of unbranched alkanes of at least 4 members (excludes halogenated alkanes) is 1. The highest BCUT2D eigenvalue weighted by Crippen LogP contribution is 2.36. The van der Waals surface area contributed by atoms with E-state index in [1.165, 1.54) is 0 Å². The van der Waals surface area contributed by atoms with Gasteiger partial charge in [0, 0.05) is 68.7 Å². The SMILES string of the molecule is CCCCNc1ncc2c(-c3ccc(CN4CCNCC4)nn3)cn(C3CCC(O)CC3)c2n1. The second-order valence-electron chi connectivity index (χ2n) is 9.56. The maximum absolute atomic E-state index is 10.0. The zero-order valence-electron chi connectivity index (χ0n) is 20.1. The van der Waals surface area contributed by atoms with Gasteiger partial charge >= 0.3 is 0 Å². The molecule has 0 radical (unpaired) electrons. The maximum Gasteiger partial charge on any atom is 0.224 e. The van der Waals surface area contributed by atoms with E-state index in [9.17, 15) is 5.11 Å². The first-order valence-electron chi connectivity index (χ1n) is 12.8. The van der Waals surface area contributed by atoms with Gasteiger partial charge in [0.15, 0.2) is 0 Å². The Morgan fingerprint density at radius 3 is 2.68 bits per heavy atom. The molecule has 1 saturated carbocycles. The first kappa shape index (κ1) is 23.1. The topological polar surface area (TPSA) is 104 Å². The van der Waals surface area contributed by atoms with E-state index in [-0.39, 0.29) is 6.10 Å². The third-order valence-electron chi connectivity index (χ3n) is 7.04. The molecule has 3 aromatic heterocycles. The molecule has 0 aromatic carbocycles. The first-order chi connectivity index (χ1) is 16.7. The van der Waals surface area contributed by atoms with Crippen molar-refractivity contribution in [3.63, 3.8) is 0 Å². The second-order valence-corrected chi connectivity index (χ2v) is 9.56. The van der Waals surface area contributed by atoms with Crippen LogP contribution >= 0.6 is 0 Å². The zero-order valence-corrected chi connectivity index (χ0v) is 20.1. The molecule has 182 valence electrons. The van der Waals surface area contributed by atoms with Gasteiger partial charge in [-0.05, 0) is 44.2 Å². The van der Waals surface area contributed by atoms with Crippen molar-refractivity contribution in [3.05, 3.63) is 30.2 Å². The van der Waals surface area contributed by atoms with Gasteiger partial charge in [0.2, 0.25) is 5.95 Å². The maximum atomic E-state index is 10.0. The Morgan fingerprint density at radius 1 is 1.12 bits per heavy atom. The Labute approximate surface area is 201 Å². The van der Waals surface area contributed by atoms with Crippen LogP contribution in [-0.4, -0.2) is 73.6 Å². The standard InChI is InChI=1S/C25H36N8O/c1-2-3-10-27-25-28-15-21-22(17-33(24(21)29-25)19-5-7-20(34)8-6-19)23-9-4-18(30-31-23)16-32-13-11-26-12-14-32/h4,9,15,17,19-20,26,34H,2-3,5-8,10-14,16H2,1H3,(H,27,28,29). The van der Waals surface area contributed by atoms with E-state index in [2.05, 4.69) is 60.5 Å². The molecule has 34 heavy (non-hydrogen) atoms. The number of hydrogen-bond donors (Lipinski definition) is 3. The summed E-state index contributed by atoms with van der Waals surface area (Å²) >= 11 is 0. The third kappa shape index (κ3) is 5.21. The van der Waals surface area contributed by atoms with Gasteiger partial charge in [-0.1, -0.05) is 13.3 Å². The molecule has 0 unspecified atom stereocenters. The molecule has 5 rings (SSSR count). The predicted octanol–water partition coefficient (Wildman–Crippen LogP) is 2.98. The van der Waals surface area contributed by atoms with Gasteiger partial charge < -0.3 is 20.3 Å². The summed E-state index contributed by atoms with van der Waals surface area (Å²) < 4.78 is 2.28. The third-order valence-corrected chi connectivity index (χ3v) is 7.04. The van der Waals surface area contributed by atoms with Crippen LogP contribution in [0.5, 0.6) is 0 Å². The molecular formula is C25H36N8O. The summed E-state index contributed by atoms with van der Waals surface area (Å²) in [7, 11) is 0. The summed E-state index contributed by atoms with van der Waals surface area (Å²) in [6, 6.07) is 4.48. The lowest BCUT2D eigenvalue weighted by molar-refractivity contribution is 0.111. The van der Waals surface area contributed by atoms with E-state index in [4.69, 9.17) is 4.98 Å². The molecule has 0 atom stereocenters. The molecule has 4 heterocycles. The summed E-state index contributed by atoms with van der Waals surface area (Å²) in [4.78, 5) is 11.9. The van der Waals surface area contributed by atoms with Crippen LogP contribution in [-0.2, 0) is 6.54 Å². The Morgan fingerprint density at radius 2 is 1.94 bits per heavy atom. The lowest BCUT2D eigenvalue weighted by Gasteiger charge is -2.27. The van der Waals surface area contributed by atoms with Crippen LogP contribution in [0.2, 0.25) is 0 Å². The van der Waals surface area contributed by atoms with E-state index in [0.717, 1.165) is 106 Å². The number of anilines is 1. The minimum Gasteiger partial charge on any atom is -0.393 e. The van der Waals surface area contributed by atoms with E-state index < -0.39 is 0 Å². The van der Waals surface area contributed by atoms with Crippen molar-refractivity contribution in [2.24, 2.45) is 0 Å². The van der Waals surface area contributed by atoms with Gasteiger partial charge in [0.1, 0.15) is 5.65 Å². The van der Waals surface area contributed by atoms with Gasteiger partial charge in [-0.15, -0.1) is 0 Å². The van der Waals surface area contributed by atoms with Gasteiger partial charge in [-0.25, -0.2) is 4.98 Å². The number of hydrogen-bond acceptors (Lipinski definition) is 8. The Kier molecular flexibility index (Phi) is 7.32. The summed E-state index contributed by atoms with van der Waals surface area (Å²) in [5, 5.41) is 26.9. The number of rotatable bonds is 8. The molecule has 1 aliphatic carbocycles. The highest BCUT2D eigenvalue weighted by Gasteiger charge is 2.25. The normalized spacial score (nSPS) is 21.7. The van der Waals surface area contributed by atoms with Crippen LogP contribution in [0.25, 0.3) is 22.3 Å². The summed E-state index contributed by atoms with van der Waals surface area (Å²) in [5.74, 6) is 0.667. The lowest BCUT2D eigenvalue weighted by atomic mass is 9.93. The minimum absolute atomic E-state index is 0.187. The van der Waals surface area contributed by atoms with Crippen LogP contribution in [0.15, 0.2) is 24.5 Å². The fraction of sp³-hybridized carbons (Fsp3) is 0.600. The van der Waals surface area contributed by atoms with Crippen molar-refractivity contribution in [2.75, 3.05) is 38.0 Å². The number of nitrogens with zero attached hydrogens (tertiary/aromatic N) is 6. The molecule has 0 spiro atoms. The number of fused-ring (bicyclic) bond motifs is 1. The molecule has 2 fully saturated rings. The molecule has 9 nitrogen and oxygen atoms in total. The Balaban J connectivity index is 1.43. The monoisotopic (exact) mass is 464 g/mol. The van der Waals surface area contributed by atoms with Crippen molar-refractivity contribution in [2.45, 2.75) is 64.1 Å². The molecule has 0 bridgehead atoms. The number of nitrogens with one attached hydrogen (secondary N) is 2. The fourth-order valence-corrected chi connectivity index (χ4v) is 5.00. The van der Waals surface area contributed by atoms with Crippen molar-refractivity contribution in [1.82, 2.24) is 34.9 Å². The van der Waals surface area contributed by atoms with Crippen LogP contribution in [0.4, 0.5) is 5.95 Å². The molecule has 3 N–H and O–H groups in total. The van der Waals surface area contributed by atoms with Crippen molar-refractivity contribution in [3.8, 4) is 11.3 Å². The number of aromatic nitrogens is 5. The molecule has 9 heteroatoms. The second kappa shape index (κ2) is 10.8. The first-order valence-corrected chi connectivity index (χ1v) is 12.8. The Bertz CT molecular complexity index is 1070. The van der Waals surface area contributed by atoms with E-state index in [1.54, 1.807) is 0 Å². The van der Waals surface area contributed by atoms with E-state index in [1.807, 2.05) is 6.20 Å². The largest absolute Gasteiger partial charge is 0.393 e. The van der Waals surface area contributed by atoms with Crippen LogP contribution in [0.1, 0.15) is 57.2 Å².